The Balaban J connectivity index is 1.71. The second-order valence-corrected chi connectivity index (χ2v) is 5.44. The third-order valence-electron chi connectivity index (χ3n) is 4.04. The lowest BCUT2D eigenvalue weighted by atomic mass is 9.85. The van der Waals surface area contributed by atoms with Crippen molar-refractivity contribution in [3.05, 3.63) is 12.4 Å². The highest BCUT2D eigenvalue weighted by atomic mass is 16.2. The third-order valence-corrected chi connectivity index (χ3v) is 4.04. The Hall–Kier alpha value is -1.65. The van der Waals surface area contributed by atoms with Gasteiger partial charge in [0.25, 0.3) is 5.91 Å². The molecule has 2 aliphatic rings. The summed E-state index contributed by atoms with van der Waals surface area (Å²) in [6, 6.07) is -0.288. The van der Waals surface area contributed by atoms with Gasteiger partial charge in [0.05, 0.1) is 0 Å². The van der Waals surface area contributed by atoms with Gasteiger partial charge in [-0.15, -0.1) is 0 Å². The molecule has 0 N–H and O–H groups in total. The molecule has 2 heterocycles. The van der Waals surface area contributed by atoms with Crippen LogP contribution in [0.5, 0.6) is 0 Å². The molecule has 19 heavy (non-hydrogen) atoms. The number of amides is 1. The summed E-state index contributed by atoms with van der Waals surface area (Å²) in [7, 11) is 0. The van der Waals surface area contributed by atoms with Crippen LogP contribution < -0.4 is 0 Å². The molecule has 1 fully saturated rings. The van der Waals surface area contributed by atoms with Crippen molar-refractivity contribution in [2.75, 3.05) is 13.1 Å². The van der Waals surface area contributed by atoms with Gasteiger partial charge in [-0.2, -0.15) is 0 Å². The summed E-state index contributed by atoms with van der Waals surface area (Å²) in [5, 5.41) is 0. The van der Waals surface area contributed by atoms with Crippen LogP contribution in [0.4, 0.5) is 5.95 Å². The zero-order valence-electron chi connectivity index (χ0n) is 11.3. The molecule has 1 aliphatic heterocycles. The van der Waals surface area contributed by atoms with Crippen molar-refractivity contribution < 1.29 is 4.79 Å². The van der Waals surface area contributed by atoms with Crippen molar-refractivity contribution in [1.82, 2.24) is 14.5 Å². The highest BCUT2D eigenvalue weighted by molar-refractivity contribution is 5.98. The first-order valence-corrected chi connectivity index (χ1v) is 7.15. The summed E-state index contributed by atoms with van der Waals surface area (Å²) in [6.07, 6.45) is 10.1. The van der Waals surface area contributed by atoms with Crippen LogP contribution in [-0.4, -0.2) is 39.7 Å². The summed E-state index contributed by atoms with van der Waals surface area (Å²) in [6.45, 7) is 3.86. The standard InChI is InChI=1S/C14H20N4O/c1-2-7-17(10-11-4-3-5-11)13(19)12-9-16-14-15-6-8-18(12)14/h6,8-9,11-12H,2-5,7,10H2,1H3. The van der Waals surface area contributed by atoms with Crippen molar-refractivity contribution in [3.8, 4) is 0 Å². The van der Waals surface area contributed by atoms with Crippen molar-refractivity contribution >= 4 is 18.1 Å². The molecule has 102 valence electrons. The van der Waals surface area contributed by atoms with Crippen LogP contribution in [-0.2, 0) is 4.79 Å². The highest BCUT2D eigenvalue weighted by Crippen LogP contribution is 2.29. The maximum atomic E-state index is 12.7. The second-order valence-electron chi connectivity index (χ2n) is 5.44. The molecular formula is C14H20N4O. The van der Waals surface area contributed by atoms with Crippen molar-refractivity contribution in [3.63, 3.8) is 0 Å². The normalized spacial score (nSPS) is 21.2. The molecule has 5 heteroatoms. The maximum Gasteiger partial charge on any atom is 0.251 e. The number of aliphatic imine (C=N–C) groups is 1. The number of carbonyl (C=O) groups excluding carboxylic acids is 1. The first-order chi connectivity index (χ1) is 9.29. The number of hydrogen-bond acceptors (Lipinski definition) is 3. The van der Waals surface area contributed by atoms with Crippen LogP contribution in [0.3, 0.4) is 0 Å². The largest absolute Gasteiger partial charge is 0.340 e. The molecule has 1 atom stereocenters. The Labute approximate surface area is 113 Å². The van der Waals surface area contributed by atoms with Crippen LogP contribution in [0.2, 0.25) is 0 Å². The Morgan fingerprint density at radius 1 is 1.53 bits per heavy atom. The van der Waals surface area contributed by atoms with E-state index in [1.807, 2.05) is 15.7 Å². The molecule has 0 aromatic carbocycles. The molecule has 1 aromatic heterocycles. The van der Waals surface area contributed by atoms with Gasteiger partial charge in [0.2, 0.25) is 5.95 Å². The predicted octanol–water partition coefficient (Wildman–Crippen LogP) is 2.18. The summed E-state index contributed by atoms with van der Waals surface area (Å²) in [5.41, 5.74) is 0. The zero-order chi connectivity index (χ0) is 13.2. The Morgan fingerprint density at radius 3 is 3.05 bits per heavy atom. The number of fused-ring (bicyclic) bond motifs is 1. The van der Waals surface area contributed by atoms with E-state index in [0.29, 0.717) is 11.9 Å². The van der Waals surface area contributed by atoms with Gasteiger partial charge in [-0.3, -0.25) is 9.36 Å². The number of nitrogens with zero attached hydrogens (tertiary/aromatic N) is 4. The molecule has 1 aromatic rings. The van der Waals surface area contributed by atoms with E-state index in [-0.39, 0.29) is 11.9 Å². The lowest BCUT2D eigenvalue weighted by molar-refractivity contribution is -0.133. The molecule has 1 aliphatic carbocycles. The summed E-state index contributed by atoms with van der Waals surface area (Å²) in [5.74, 6) is 1.50. The van der Waals surface area contributed by atoms with Crippen LogP contribution in [0.25, 0.3) is 0 Å². The minimum atomic E-state index is -0.288. The summed E-state index contributed by atoms with van der Waals surface area (Å²) in [4.78, 5) is 23.0. The Morgan fingerprint density at radius 2 is 2.37 bits per heavy atom. The fourth-order valence-electron chi connectivity index (χ4n) is 2.75. The van der Waals surface area contributed by atoms with Crippen molar-refractivity contribution in [2.45, 2.75) is 38.6 Å². The molecule has 1 unspecified atom stereocenters. The first-order valence-electron chi connectivity index (χ1n) is 7.15. The molecule has 0 saturated heterocycles. The Kier molecular flexibility index (Phi) is 3.36. The van der Waals surface area contributed by atoms with Gasteiger partial charge >= 0.3 is 0 Å². The van der Waals surface area contributed by atoms with Crippen LogP contribution in [0.1, 0.15) is 38.6 Å². The van der Waals surface area contributed by atoms with Gasteiger partial charge in [0.1, 0.15) is 0 Å². The quantitative estimate of drug-likeness (QED) is 0.814. The van der Waals surface area contributed by atoms with E-state index in [1.54, 1.807) is 12.4 Å². The van der Waals surface area contributed by atoms with Gasteiger partial charge in [-0.05, 0) is 25.2 Å². The van der Waals surface area contributed by atoms with E-state index in [4.69, 9.17) is 0 Å². The van der Waals surface area contributed by atoms with Gasteiger partial charge in [0.15, 0.2) is 6.04 Å². The molecule has 1 amide bonds. The molecular weight excluding hydrogens is 240 g/mol. The summed E-state index contributed by atoms with van der Waals surface area (Å²) < 4.78 is 1.85. The smallest absolute Gasteiger partial charge is 0.251 e. The number of rotatable bonds is 5. The van der Waals surface area contributed by atoms with Crippen LogP contribution in [0, 0.1) is 5.92 Å². The predicted molar refractivity (Wildman–Crippen MR) is 73.6 cm³/mol. The average Bonchev–Trinajstić information content (AvgIpc) is 2.93. The molecule has 3 rings (SSSR count). The lowest BCUT2D eigenvalue weighted by Crippen LogP contribution is -2.41. The van der Waals surface area contributed by atoms with E-state index in [1.165, 1.54) is 19.3 Å². The van der Waals surface area contributed by atoms with Gasteiger partial charge in [-0.1, -0.05) is 13.3 Å². The van der Waals surface area contributed by atoms with E-state index < -0.39 is 0 Å². The van der Waals surface area contributed by atoms with Crippen molar-refractivity contribution in [2.24, 2.45) is 10.9 Å². The van der Waals surface area contributed by atoms with E-state index in [9.17, 15) is 4.79 Å². The summed E-state index contributed by atoms with van der Waals surface area (Å²) >= 11 is 0. The molecule has 0 spiro atoms. The number of hydrogen-bond donors (Lipinski definition) is 0. The molecule has 1 saturated carbocycles. The van der Waals surface area contributed by atoms with Crippen LogP contribution >= 0.6 is 0 Å². The topological polar surface area (TPSA) is 50.5 Å². The van der Waals surface area contributed by atoms with Gasteiger partial charge in [-0.25, -0.2) is 9.98 Å². The third kappa shape index (κ3) is 2.29. The lowest BCUT2D eigenvalue weighted by Gasteiger charge is -2.33. The number of aromatic nitrogens is 2. The van der Waals surface area contributed by atoms with Crippen LogP contribution in [0.15, 0.2) is 17.4 Å². The van der Waals surface area contributed by atoms with Crippen molar-refractivity contribution in [1.29, 1.82) is 0 Å². The van der Waals surface area contributed by atoms with Gasteiger partial charge in [0, 0.05) is 31.7 Å². The second kappa shape index (κ2) is 5.15. The minimum absolute atomic E-state index is 0.161. The molecule has 0 bridgehead atoms. The minimum Gasteiger partial charge on any atom is -0.340 e. The first kappa shape index (κ1) is 12.4. The van der Waals surface area contributed by atoms with E-state index in [2.05, 4.69) is 16.9 Å². The fourth-order valence-corrected chi connectivity index (χ4v) is 2.75. The fraction of sp³-hybridized carbons (Fsp3) is 0.643. The zero-order valence-corrected chi connectivity index (χ0v) is 11.3. The number of carbonyl (C=O) groups is 1. The average molecular weight is 260 g/mol. The van der Waals surface area contributed by atoms with Gasteiger partial charge < -0.3 is 4.90 Å². The van der Waals surface area contributed by atoms with E-state index in [0.717, 1.165) is 19.5 Å². The highest BCUT2D eigenvalue weighted by Gasteiger charge is 2.31. The Bertz CT molecular complexity index is 489. The SMILES string of the molecule is CCCN(CC1CCC1)C(=O)C1C=Nc2nccn21. The molecule has 5 nitrogen and oxygen atoms in total. The van der Waals surface area contributed by atoms with E-state index >= 15 is 0 Å². The monoisotopic (exact) mass is 260 g/mol. The maximum absolute atomic E-state index is 12.7. The number of imidazole rings is 1. The molecule has 0 radical (unpaired) electrons.